The highest BCUT2D eigenvalue weighted by Gasteiger charge is 2.38. The third-order valence-corrected chi connectivity index (χ3v) is 6.23. The standard InChI is InChI=1S/C23H23F3N6O2/c1-13-6-9-31(18-10-14(23(24,25)26)4-5-17(18)32-27-7-8-28-32)21(13)22-29-15-11-19(33-2)20(34-3)12-16(15)30-22/h4-5,7-8,10-13,21H,6,9H2,1-3H3,(H,29,30)/t13-,21-/m0/s1. The van der Waals surface area contributed by atoms with E-state index in [0.717, 1.165) is 18.0 Å². The number of ether oxygens (including phenoxy) is 2. The lowest BCUT2D eigenvalue weighted by Crippen LogP contribution is -2.27. The van der Waals surface area contributed by atoms with Gasteiger partial charge in [0.05, 0.1) is 54.9 Å². The summed E-state index contributed by atoms with van der Waals surface area (Å²) >= 11 is 0. The fourth-order valence-electron chi connectivity index (χ4n) is 4.57. The highest BCUT2D eigenvalue weighted by atomic mass is 19.4. The Morgan fingerprint density at radius 1 is 1.00 bits per heavy atom. The molecule has 2 aromatic heterocycles. The molecule has 34 heavy (non-hydrogen) atoms. The topological polar surface area (TPSA) is 81.1 Å². The molecule has 11 heteroatoms. The van der Waals surface area contributed by atoms with E-state index < -0.39 is 11.7 Å². The van der Waals surface area contributed by atoms with Gasteiger partial charge in [-0.3, -0.25) is 0 Å². The molecule has 8 nitrogen and oxygen atoms in total. The van der Waals surface area contributed by atoms with Crippen molar-refractivity contribution in [2.24, 2.45) is 5.92 Å². The molecule has 2 atom stereocenters. The lowest BCUT2D eigenvalue weighted by Gasteiger charge is -2.29. The van der Waals surface area contributed by atoms with Gasteiger partial charge in [-0.2, -0.15) is 23.4 Å². The zero-order chi connectivity index (χ0) is 24.0. The van der Waals surface area contributed by atoms with Crippen LogP contribution in [0.1, 0.15) is 30.8 Å². The highest BCUT2D eigenvalue weighted by molar-refractivity contribution is 5.80. The third kappa shape index (κ3) is 3.70. The van der Waals surface area contributed by atoms with Crippen molar-refractivity contribution in [3.8, 4) is 17.2 Å². The number of halogens is 3. The van der Waals surface area contributed by atoms with Gasteiger partial charge in [-0.05, 0) is 30.5 Å². The maximum absolute atomic E-state index is 13.6. The minimum atomic E-state index is -4.47. The Balaban J connectivity index is 1.63. The Hall–Kier alpha value is -3.76. The maximum Gasteiger partial charge on any atom is 0.416 e. The van der Waals surface area contributed by atoms with Gasteiger partial charge < -0.3 is 19.4 Å². The van der Waals surface area contributed by atoms with E-state index in [-0.39, 0.29) is 12.0 Å². The van der Waals surface area contributed by atoms with Crippen LogP contribution in [0.2, 0.25) is 0 Å². The molecule has 0 bridgehead atoms. The summed E-state index contributed by atoms with van der Waals surface area (Å²) in [6, 6.07) is 6.93. The van der Waals surface area contributed by atoms with Crippen LogP contribution in [0.4, 0.5) is 18.9 Å². The number of fused-ring (bicyclic) bond motifs is 1. The Labute approximate surface area is 193 Å². The summed E-state index contributed by atoms with van der Waals surface area (Å²) in [4.78, 5) is 11.4. The van der Waals surface area contributed by atoms with Gasteiger partial charge in [0.15, 0.2) is 11.5 Å². The van der Waals surface area contributed by atoms with Crippen LogP contribution in [0.25, 0.3) is 16.7 Å². The van der Waals surface area contributed by atoms with E-state index in [9.17, 15) is 13.2 Å². The number of aromatic nitrogens is 5. The molecule has 0 radical (unpaired) electrons. The minimum Gasteiger partial charge on any atom is -0.493 e. The number of rotatable bonds is 5. The van der Waals surface area contributed by atoms with E-state index in [1.807, 2.05) is 4.90 Å². The zero-order valence-corrected chi connectivity index (χ0v) is 18.8. The number of nitrogens with one attached hydrogen (secondary N) is 1. The molecular formula is C23H23F3N6O2. The van der Waals surface area contributed by atoms with Crippen molar-refractivity contribution in [2.45, 2.75) is 25.6 Å². The van der Waals surface area contributed by atoms with Gasteiger partial charge in [-0.15, -0.1) is 4.80 Å². The van der Waals surface area contributed by atoms with Gasteiger partial charge in [0.2, 0.25) is 0 Å². The van der Waals surface area contributed by atoms with Gasteiger partial charge in [0, 0.05) is 18.7 Å². The highest BCUT2D eigenvalue weighted by Crippen LogP contribution is 2.44. The summed E-state index contributed by atoms with van der Waals surface area (Å²) in [6.07, 6.45) is -0.703. The largest absolute Gasteiger partial charge is 0.493 e. The Bertz CT molecular complexity index is 1280. The fourth-order valence-corrected chi connectivity index (χ4v) is 4.57. The predicted octanol–water partition coefficient (Wildman–Crippen LogP) is 4.77. The first-order valence-corrected chi connectivity index (χ1v) is 10.8. The zero-order valence-electron chi connectivity index (χ0n) is 18.8. The molecule has 1 aliphatic heterocycles. The van der Waals surface area contributed by atoms with Gasteiger partial charge in [0.25, 0.3) is 0 Å². The second-order valence-electron chi connectivity index (χ2n) is 8.27. The molecule has 4 aromatic rings. The van der Waals surface area contributed by atoms with Gasteiger partial charge in [-0.25, -0.2) is 4.98 Å². The number of hydrogen-bond donors (Lipinski definition) is 1. The molecule has 178 valence electrons. The van der Waals surface area contributed by atoms with Crippen molar-refractivity contribution < 1.29 is 22.6 Å². The first-order valence-electron chi connectivity index (χ1n) is 10.8. The third-order valence-electron chi connectivity index (χ3n) is 6.23. The fraction of sp³-hybridized carbons (Fsp3) is 0.348. The molecular weight excluding hydrogens is 449 g/mol. The molecule has 3 heterocycles. The second kappa shape index (κ2) is 8.23. The number of nitrogens with zero attached hydrogens (tertiary/aromatic N) is 5. The van der Waals surface area contributed by atoms with Crippen molar-refractivity contribution in [3.05, 3.63) is 54.1 Å². The molecule has 0 saturated carbocycles. The van der Waals surface area contributed by atoms with Gasteiger partial charge in [-0.1, -0.05) is 6.92 Å². The molecule has 0 aliphatic carbocycles. The number of hydrogen-bond acceptors (Lipinski definition) is 6. The van der Waals surface area contributed by atoms with Crippen LogP contribution < -0.4 is 14.4 Å². The van der Waals surface area contributed by atoms with E-state index in [1.54, 1.807) is 26.4 Å². The second-order valence-corrected chi connectivity index (χ2v) is 8.27. The van der Waals surface area contributed by atoms with Crippen LogP contribution >= 0.6 is 0 Å². The Kier molecular flexibility index (Phi) is 5.34. The molecule has 0 unspecified atom stereocenters. The summed E-state index contributed by atoms with van der Waals surface area (Å²) in [5.74, 6) is 1.91. The lowest BCUT2D eigenvalue weighted by atomic mass is 10.0. The van der Waals surface area contributed by atoms with Crippen LogP contribution in [0.3, 0.4) is 0 Å². The number of benzene rings is 2. The van der Waals surface area contributed by atoms with Crippen molar-refractivity contribution in [1.82, 2.24) is 25.0 Å². The van der Waals surface area contributed by atoms with Crippen LogP contribution in [0.5, 0.6) is 11.5 Å². The molecule has 1 aliphatic rings. The smallest absolute Gasteiger partial charge is 0.416 e. The molecule has 2 aromatic carbocycles. The van der Waals surface area contributed by atoms with E-state index >= 15 is 0 Å². The maximum atomic E-state index is 13.6. The summed E-state index contributed by atoms with van der Waals surface area (Å²) in [5, 5.41) is 8.29. The number of alkyl halides is 3. The number of anilines is 1. The van der Waals surface area contributed by atoms with Crippen LogP contribution in [0.15, 0.2) is 42.7 Å². The molecule has 1 saturated heterocycles. The SMILES string of the molecule is COc1cc2nc([C@@H]3[C@@H](C)CCN3c3cc(C(F)(F)F)ccc3-n3nccn3)[nH]c2cc1OC. The number of aromatic amines is 1. The van der Waals surface area contributed by atoms with Crippen molar-refractivity contribution in [3.63, 3.8) is 0 Å². The van der Waals surface area contributed by atoms with Crippen LogP contribution in [-0.4, -0.2) is 45.7 Å². The summed E-state index contributed by atoms with van der Waals surface area (Å²) < 4.78 is 51.6. The molecule has 0 amide bonds. The minimum absolute atomic E-state index is 0.136. The molecule has 0 spiro atoms. The summed E-state index contributed by atoms with van der Waals surface area (Å²) in [5.41, 5.74) is 1.58. The summed E-state index contributed by atoms with van der Waals surface area (Å²) in [7, 11) is 3.11. The average molecular weight is 472 g/mol. The Morgan fingerprint density at radius 3 is 2.38 bits per heavy atom. The molecule has 1 N–H and O–H groups in total. The van der Waals surface area contributed by atoms with E-state index in [1.165, 1.54) is 29.3 Å². The predicted molar refractivity (Wildman–Crippen MR) is 119 cm³/mol. The van der Waals surface area contributed by atoms with E-state index in [2.05, 4.69) is 22.1 Å². The summed E-state index contributed by atoms with van der Waals surface area (Å²) in [6.45, 7) is 2.63. The lowest BCUT2D eigenvalue weighted by molar-refractivity contribution is -0.137. The van der Waals surface area contributed by atoms with Crippen molar-refractivity contribution >= 4 is 16.7 Å². The Morgan fingerprint density at radius 2 is 1.71 bits per heavy atom. The van der Waals surface area contributed by atoms with Crippen molar-refractivity contribution in [1.29, 1.82) is 0 Å². The number of H-pyrrole nitrogens is 1. The van der Waals surface area contributed by atoms with Gasteiger partial charge in [0.1, 0.15) is 11.5 Å². The monoisotopic (exact) mass is 472 g/mol. The number of imidazole rings is 1. The van der Waals surface area contributed by atoms with Crippen molar-refractivity contribution in [2.75, 3.05) is 25.7 Å². The first-order chi connectivity index (χ1) is 16.3. The number of methoxy groups -OCH3 is 2. The van der Waals surface area contributed by atoms with Crippen LogP contribution in [0, 0.1) is 5.92 Å². The van der Waals surface area contributed by atoms with E-state index in [0.29, 0.717) is 40.8 Å². The average Bonchev–Trinajstić information content (AvgIpc) is 3.56. The normalized spacial score (nSPS) is 18.6. The van der Waals surface area contributed by atoms with E-state index in [4.69, 9.17) is 14.5 Å². The first kappa shape index (κ1) is 22.1. The van der Waals surface area contributed by atoms with Gasteiger partial charge >= 0.3 is 6.18 Å². The quantitative estimate of drug-likeness (QED) is 0.451. The van der Waals surface area contributed by atoms with Crippen LogP contribution in [-0.2, 0) is 6.18 Å². The molecule has 5 rings (SSSR count). The molecule has 1 fully saturated rings.